The molecule has 160 valence electrons. The predicted molar refractivity (Wildman–Crippen MR) is 115 cm³/mol. The van der Waals surface area contributed by atoms with E-state index < -0.39 is 5.60 Å². The van der Waals surface area contributed by atoms with Gasteiger partial charge in [-0.2, -0.15) is 5.10 Å². The molecule has 1 unspecified atom stereocenters. The fraction of sp³-hybridized carbons (Fsp3) is 0.500. The molecule has 1 fully saturated rings. The van der Waals surface area contributed by atoms with Gasteiger partial charge >= 0.3 is 6.09 Å². The molecule has 2 aliphatic heterocycles. The van der Waals surface area contributed by atoms with E-state index >= 15 is 0 Å². The van der Waals surface area contributed by atoms with Crippen molar-refractivity contribution in [1.82, 2.24) is 24.9 Å². The molecule has 3 heterocycles. The topological polar surface area (TPSA) is 75.0 Å². The average molecular weight is 411 g/mol. The van der Waals surface area contributed by atoms with Crippen molar-refractivity contribution in [1.29, 1.82) is 0 Å². The molecule has 30 heavy (non-hydrogen) atoms. The number of aromatic nitrogens is 2. The van der Waals surface area contributed by atoms with Gasteiger partial charge in [-0.25, -0.2) is 4.79 Å². The smallest absolute Gasteiger partial charge is 0.410 e. The van der Waals surface area contributed by atoms with Crippen LogP contribution in [0.1, 0.15) is 31.9 Å². The van der Waals surface area contributed by atoms with Gasteiger partial charge in [0.05, 0.1) is 19.1 Å². The Bertz CT molecular complexity index is 903. The van der Waals surface area contributed by atoms with E-state index in [2.05, 4.69) is 44.6 Å². The van der Waals surface area contributed by atoms with E-state index in [4.69, 9.17) is 4.74 Å². The second-order valence-corrected chi connectivity index (χ2v) is 8.82. The van der Waals surface area contributed by atoms with E-state index in [1.165, 1.54) is 11.1 Å². The summed E-state index contributed by atoms with van der Waals surface area (Å²) in [5.41, 5.74) is 1.95. The van der Waals surface area contributed by atoms with E-state index in [0.29, 0.717) is 26.2 Å². The number of carbonyl (C=O) groups is 1. The number of ether oxygens (including phenoxy) is 1. The molecule has 1 N–H and O–H groups in total. The van der Waals surface area contributed by atoms with Crippen LogP contribution in [-0.2, 0) is 17.8 Å². The fourth-order valence-corrected chi connectivity index (χ4v) is 3.82. The summed E-state index contributed by atoms with van der Waals surface area (Å²) in [5.74, 6) is 0.918. The Balaban J connectivity index is 1.30. The first-order valence-electron chi connectivity index (χ1n) is 10.5. The van der Waals surface area contributed by atoms with Crippen LogP contribution in [-0.4, -0.2) is 69.5 Å². The van der Waals surface area contributed by atoms with Gasteiger partial charge in [-0.3, -0.25) is 9.67 Å². The second kappa shape index (κ2) is 8.38. The summed E-state index contributed by atoms with van der Waals surface area (Å²) in [4.78, 5) is 21.1. The van der Waals surface area contributed by atoms with Crippen LogP contribution in [0.2, 0.25) is 0 Å². The molecule has 0 spiro atoms. The molecule has 1 aromatic heterocycles. The first kappa shape index (κ1) is 20.3. The number of amides is 1. The Morgan fingerprint density at radius 3 is 2.83 bits per heavy atom. The van der Waals surface area contributed by atoms with Crippen LogP contribution in [0.25, 0.3) is 0 Å². The van der Waals surface area contributed by atoms with Gasteiger partial charge in [-0.1, -0.05) is 24.3 Å². The number of aliphatic imine (C=N–C) groups is 1. The quantitative estimate of drug-likeness (QED) is 0.837. The number of piperazine rings is 1. The van der Waals surface area contributed by atoms with Crippen molar-refractivity contribution in [3.63, 3.8) is 0 Å². The first-order chi connectivity index (χ1) is 14.4. The van der Waals surface area contributed by atoms with Crippen LogP contribution < -0.4 is 5.32 Å². The molecule has 0 bridgehead atoms. The summed E-state index contributed by atoms with van der Waals surface area (Å²) in [6.45, 7) is 9.90. The summed E-state index contributed by atoms with van der Waals surface area (Å²) < 4.78 is 7.43. The first-order valence-corrected chi connectivity index (χ1v) is 10.5. The monoisotopic (exact) mass is 410 g/mol. The molecule has 1 atom stereocenters. The number of fused-ring (bicyclic) bond motifs is 1. The van der Waals surface area contributed by atoms with Crippen LogP contribution in [0.15, 0.2) is 47.7 Å². The Kier molecular flexibility index (Phi) is 5.65. The Hall–Kier alpha value is -3.03. The molecular weight excluding hydrogens is 380 g/mol. The minimum Gasteiger partial charge on any atom is -0.444 e. The highest BCUT2D eigenvalue weighted by molar-refractivity contribution is 5.82. The van der Waals surface area contributed by atoms with E-state index in [-0.39, 0.29) is 12.1 Å². The molecular formula is C22H30N6O2. The SMILES string of the molecule is CC(C)(C)OC(=O)N1CCN2C(NCc3cccc(Cn4cccn4)c3)=NCC2C1. The van der Waals surface area contributed by atoms with E-state index in [1.54, 1.807) is 11.1 Å². The summed E-state index contributed by atoms with van der Waals surface area (Å²) in [6, 6.07) is 10.6. The zero-order valence-corrected chi connectivity index (χ0v) is 17.9. The van der Waals surface area contributed by atoms with Gasteiger partial charge in [0.2, 0.25) is 0 Å². The maximum atomic E-state index is 12.4. The predicted octanol–water partition coefficient (Wildman–Crippen LogP) is 2.31. The fourth-order valence-electron chi connectivity index (χ4n) is 3.82. The van der Waals surface area contributed by atoms with Crippen molar-refractivity contribution >= 4 is 12.1 Å². The number of nitrogens with one attached hydrogen (secondary N) is 1. The number of carbonyl (C=O) groups excluding carboxylic acids is 1. The van der Waals surface area contributed by atoms with Crippen molar-refractivity contribution in [2.24, 2.45) is 4.99 Å². The highest BCUT2D eigenvalue weighted by atomic mass is 16.6. The number of nitrogens with zero attached hydrogens (tertiary/aromatic N) is 5. The standard InChI is InChI=1S/C22H30N6O2/c1-22(2,3)30-21(29)26-10-11-28-19(16-26)14-24-20(28)23-13-17-6-4-7-18(12-17)15-27-9-5-8-25-27/h4-9,12,19H,10-11,13-16H2,1-3H3,(H,23,24). The van der Waals surface area contributed by atoms with Crippen molar-refractivity contribution in [2.75, 3.05) is 26.2 Å². The lowest BCUT2D eigenvalue weighted by atomic mass is 10.1. The van der Waals surface area contributed by atoms with Crippen molar-refractivity contribution in [2.45, 2.75) is 45.5 Å². The zero-order valence-electron chi connectivity index (χ0n) is 17.9. The molecule has 0 radical (unpaired) electrons. The van der Waals surface area contributed by atoms with Gasteiger partial charge < -0.3 is 19.9 Å². The third-order valence-corrected chi connectivity index (χ3v) is 5.20. The molecule has 2 aromatic rings. The number of benzene rings is 1. The number of hydrogen-bond donors (Lipinski definition) is 1. The van der Waals surface area contributed by atoms with Crippen LogP contribution in [0.4, 0.5) is 4.79 Å². The molecule has 1 amide bonds. The highest BCUT2D eigenvalue weighted by Crippen LogP contribution is 2.19. The summed E-state index contributed by atoms with van der Waals surface area (Å²) in [5, 5.41) is 7.76. The minimum absolute atomic E-state index is 0.208. The lowest BCUT2D eigenvalue weighted by molar-refractivity contribution is 0.0137. The van der Waals surface area contributed by atoms with Crippen LogP contribution in [0.3, 0.4) is 0 Å². The zero-order chi connectivity index (χ0) is 21.1. The maximum Gasteiger partial charge on any atom is 0.410 e. The molecule has 4 rings (SSSR count). The van der Waals surface area contributed by atoms with Gasteiger partial charge in [-0.15, -0.1) is 0 Å². The van der Waals surface area contributed by atoms with Gasteiger partial charge in [0.15, 0.2) is 5.96 Å². The van der Waals surface area contributed by atoms with E-state index in [1.807, 2.05) is 37.7 Å². The molecule has 8 nitrogen and oxygen atoms in total. The van der Waals surface area contributed by atoms with Crippen LogP contribution >= 0.6 is 0 Å². The molecule has 0 aliphatic carbocycles. The van der Waals surface area contributed by atoms with Gasteiger partial charge in [0.1, 0.15) is 5.60 Å². The normalized spacial score (nSPS) is 18.8. The van der Waals surface area contributed by atoms with Gasteiger partial charge in [0, 0.05) is 38.6 Å². The Labute approximate surface area is 177 Å². The number of rotatable bonds is 4. The van der Waals surface area contributed by atoms with Crippen LogP contribution in [0.5, 0.6) is 0 Å². The van der Waals surface area contributed by atoms with Gasteiger partial charge in [0.25, 0.3) is 0 Å². The summed E-state index contributed by atoms with van der Waals surface area (Å²) in [6.07, 6.45) is 3.52. The Morgan fingerprint density at radius 2 is 2.07 bits per heavy atom. The van der Waals surface area contributed by atoms with Crippen molar-refractivity contribution in [3.8, 4) is 0 Å². The molecule has 0 saturated carbocycles. The summed E-state index contributed by atoms with van der Waals surface area (Å²) >= 11 is 0. The Morgan fingerprint density at radius 1 is 1.23 bits per heavy atom. The van der Waals surface area contributed by atoms with Crippen molar-refractivity contribution in [3.05, 3.63) is 53.9 Å². The number of hydrogen-bond acceptors (Lipinski definition) is 6. The lowest BCUT2D eigenvalue weighted by Gasteiger charge is -2.39. The molecule has 8 heteroatoms. The molecule has 2 aliphatic rings. The minimum atomic E-state index is -0.473. The third-order valence-electron chi connectivity index (χ3n) is 5.20. The summed E-state index contributed by atoms with van der Waals surface area (Å²) in [7, 11) is 0. The second-order valence-electron chi connectivity index (χ2n) is 8.82. The van der Waals surface area contributed by atoms with E-state index in [0.717, 1.165) is 19.0 Å². The maximum absolute atomic E-state index is 12.4. The third kappa shape index (κ3) is 4.93. The lowest BCUT2D eigenvalue weighted by Crippen LogP contribution is -2.57. The molecule has 1 saturated heterocycles. The van der Waals surface area contributed by atoms with Gasteiger partial charge in [-0.05, 0) is 38.0 Å². The average Bonchev–Trinajstić information content (AvgIpc) is 3.34. The largest absolute Gasteiger partial charge is 0.444 e. The van der Waals surface area contributed by atoms with Crippen LogP contribution in [0, 0.1) is 0 Å². The highest BCUT2D eigenvalue weighted by Gasteiger charge is 2.36. The van der Waals surface area contributed by atoms with E-state index in [9.17, 15) is 4.79 Å². The molecule has 1 aromatic carbocycles. The number of guanidine groups is 1. The van der Waals surface area contributed by atoms with Crippen molar-refractivity contribution < 1.29 is 9.53 Å².